The topological polar surface area (TPSA) is 76.7 Å². The molecule has 0 aromatic carbocycles. The minimum atomic E-state index is 0.429. The lowest BCUT2D eigenvalue weighted by atomic mass is 10.2. The van der Waals surface area contributed by atoms with Gasteiger partial charge in [-0.3, -0.25) is 4.98 Å². The molecule has 2 aromatic rings. The maximum Gasteiger partial charge on any atom is 0.148 e. The molecule has 2 heterocycles. The van der Waals surface area contributed by atoms with Gasteiger partial charge in [0, 0.05) is 18.9 Å². The van der Waals surface area contributed by atoms with Gasteiger partial charge in [-0.05, 0) is 30.2 Å². The fraction of sp³-hybridized carbons (Fsp3) is 0.182. The lowest BCUT2D eigenvalue weighted by Gasteiger charge is -2.04. The highest BCUT2D eigenvalue weighted by atomic mass is 15.2. The second-order valence-electron chi connectivity index (χ2n) is 3.38. The zero-order valence-corrected chi connectivity index (χ0v) is 8.80. The maximum atomic E-state index is 5.44. The molecule has 0 unspecified atom stereocenters. The highest BCUT2D eigenvalue weighted by Crippen LogP contribution is 2.03. The Hall–Kier alpha value is -2.17. The number of anilines is 2. The van der Waals surface area contributed by atoms with Gasteiger partial charge in [-0.1, -0.05) is 6.07 Å². The van der Waals surface area contributed by atoms with E-state index < -0.39 is 0 Å². The van der Waals surface area contributed by atoms with Gasteiger partial charge >= 0.3 is 0 Å². The van der Waals surface area contributed by atoms with E-state index in [1.54, 1.807) is 12.3 Å². The second kappa shape index (κ2) is 5.06. The molecular formula is C11H13N5. The van der Waals surface area contributed by atoms with Crippen LogP contribution in [0.25, 0.3) is 0 Å². The first-order chi connectivity index (χ1) is 7.84. The smallest absolute Gasteiger partial charge is 0.148 e. The van der Waals surface area contributed by atoms with Crippen LogP contribution in [0.15, 0.2) is 36.7 Å². The lowest BCUT2D eigenvalue weighted by molar-refractivity contribution is 0.964. The van der Waals surface area contributed by atoms with E-state index in [1.807, 2.05) is 24.4 Å². The average molecular weight is 215 g/mol. The summed E-state index contributed by atoms with van der Waals surface area (Å²) in [6.45, 7) is 0.796. The van der Waals surface area contributed by atoms with E-state index >= 15 is 0 Å². The Kier molecular flexibility index (Phi) is 3.28. The van der Waals surface area contributed by atoms with Crippen LogP contribution < -0.4 is 11.1 Å². The van der Waals surface area contributed by atoms with Crippen LogP contribution in [0.3, 0.4) is 0 Å². The SMILES string of the molecule is Nc1ccc(NCCc2cccnc2)nn1. The normalized spacial score (nSPS) is 10.0. The van der Waals surface area contributed by atoms with Crippen molar-refractivity contribution >= 4 is 11.6 Å². The van der Waals surface area contributed by atoms with Crippen LogP contribution in [0.1, 0.15) is 5.56 Å². The van der Waals surface area contributed by atoms with Crippen molar-refractivity contribution in [2.75, 3.05) is 17.6 Å². The van der Waals surface area contributed by atoms with Crippen LogP contribution in [0, 0.1) is 0 Å². The molecule has 0 saturated heterocycles. The Bertz CT molecular complexity index is 426. The van der Waals surface area contributed by atoms with Crippen molar-refractivity contribution in [1.82, 2.24) is 15.2 Å². The first-order valence-electron chi connectivity index (χ1n) is 5.06. The Morgan fingerprint density at radius 1 is 1.19 bits per heavy atom. The molecule has 5 heteroatoms. The van der Waals surface area contributed by atoms with Gasteiger partial charge < -0.3 is 11.1 Å². The van der Waals surface area contributed by atoms with E-state index in [1.165, 1.54) is 5.56 Å². The summed E-state index contributed by atoms with van der Waals surface area (Å²) in [5.74, 6) is 1.16. The summed E-state index contributed by atoms with van der Waals surface area (Å²) >= 11 is 0. The van der Waals surface area contributed by atoms with Gasteiger partial charge in [0.1, 0.15) is 11.6 Å². The molecule has 0 fully saturated rings. The Morgan fingerprint density at radius 2 is 2.12 bits per heavy atom. The molecule has 0 spiro atoms. The number of nitrogens with two attached hydrogens (primary N) is 1. The van der Waals surface area contributed by atoms with E-state index in [9.17, 15) is 0 Å². The largest absolute Gasteiger partial charge is 0.382 e. The van der Waals surface area contributed by atoms with Crippen molar-refractivity contribution in [2.24, 2.45) is 0 Å². The zero-order chi connectivity index (χ0) is 11.2. The van der Waals surface area contributed by atoms with Gasteiger partial charge in [-0.15, -0.1) is 10.2 Å². The molecule has 2 aromatic heterocycles. The number of nitrogens with zero attached hydrogens (tertiary/aromatic N) is 3. The predicted octanol–water partition coefficient (Wildman–Crippen LogP) is 1.11. The molecule has 0 aliphatic rings. The van der Waals surface area contributed by atoms with Gasteiger partial charge in [0.15, 0.2) is 0 Å². The maximum absolute atomic E-state index is 5.44. The van der Waals surface area contributed by atoms with Gasteiger partial charge in [0.2, 0.25) is 0 Å². The minimum Gasteiger partial charge on any atom is -0.382 e. The minimum absolute atomic E-state index is 0.429. The molecular weight excluding hydrogens is 202 g/mol. The number of hydrogen-bond acceptors (Lipinski definition) is 5. The van der Waals surface area contributed by atoms with Crippen LogP contribution >= 0.6 is 0 Å². The molecule has 0 aliphatic carbocycles. The number of pyridine rings is 1. The molecule has 0 radical (unpaired) electrons. The van der Waals surface area contributed by atoms with Crippen molar-refractivity contribution < 1.29 is 0 Å². The molecule has 82 valence electrons. The van der Waals surface area contributed by atoms with Crippen LogP contribution in [-0.2, 0) is 6.42 Å². The fourth-order valence-corrected chi connectivity index (χ4v) is 1.32. The molecule has 0 bridgehead atoms. The quantitative estimate of drug-likeness (QED) is 0.798. The van der Waals surface area contributed by atoms with E-state index in [-0.39, 0.29) is 0 Å². The van der Waals surface area contributed by atoms with E-state index in [0.717, 1.165) is 18.8 Å². The number of rotatable bonds is 4. The Labute approximate surface area is 93.7 Å². The second-order valence-corrected chi connectivity index (χ2v) is 3.38. The predicted molar refractivity (Wildman–Crippen MR) is 62.9 cm³/mol. The van der Waals surface area contributed by atoms with Crippen LogP contribution in [-0.4, -0.2) is 21.7 Å². The summed E-state index contributed by atoms with van der Waals surface area (Å²) in [5.41, 5.74) is 6.63. The molecule has 5 nitrogen and oxygen atoms in total. The third kappa shape index (κ3) is 2.91. The number of aromatic nitrogens is 3. The van der Waals surface area contributed by atoms with E-state index in [2.05, 4.69) is 20.5 Å². The van der Waals surface area contributed by atoms with E-state index in [0.29, 0.717) is 5.82 Å². The lowest BCUT2D eigenvalue weighted by Crippen LogP contribution is -2.07. The number of hydrogen-bond donors (Lipinski definition) is 2. The molecule has 0 aliphatic heterocycles. The van der Waals surface area contributed by atoms with Crippen LogP contribution in [0.2, 0.25) is 0 Å². The summed E-state index contributed by atoms with van der Waals surface area (Å²) in [6, 6.07) is 7.51. The van der Waals surface area contributed by atoms with E-state index in [4.69, 9.17) is 5.73 Å². The Balaban J connectivity index is 1.82. The summed E-state index contributed by atoms with van der Waals surface area (Å²) in [7, 11) is 0. The molecule has 0 amide bonds. The first kappa shape index (κ1) is 10.4. The first-order valence-corrected chi connectivity index (χ1v) is 5.06. The fourth-order valence-electron chi connectivity index (χ4n) is 1.32. The molecule has 0 atom stereocenters. The molecule has 2 rings (SSSR count). The standard InChI is InChI=1S/C11H13N5/c12-10-3-4-11(16-15-10)14-7-5-9-2-1-6-13-8-9/h1-4,6,8H,5,7H2,(H2,12,15)(H,14,16). The van der Waals surface area contributed by atoms with Gasteiger partial charge in [0.25, 0.3) is 0 Å². The zero-order valence-electron chi connectivity index (χ0n) is 8.80. The Morgan fingerprint density at radius 3 is 2.81 bits per heavy atom. The third-order valence-corrected chi connectivity index (χ3v) is 2.13. The monoisotopic (exact) mass is 215 g/mol. The molecule has 0 saturated carbocycles. The molecule has 3 N–H and O–H groups in total. The summed E-state index contributed by atoms with van der Waals surface area (Å²) < 4.78 is 0. The van der Waals surface area contributed by atoms with Crippen molar-refractivity contribution in [3.05, 3.63) is 42.2 Å². The van der Waals surface area contributed by atoms with Crippen molar-refractivity contribution in [3.8, 4) is 0 Å². The van der Waals surface area contributed by atoms with Crippen molar-refractivity contribution in [3.63, 3.8) is 0 Å². The summed E-state index contributed by atoms with van der Waals surface area (Å²) in [4.78, 5) is 4.05. The number of nitrogens with one attached hydrogen (secondary N) is 1. The highest BCUT2D eigenvalue weighted by Gasteiger charge is 1.95. The van der Waals surface area contributed by atoms with Gasteiger partial charge in [-0.25, -0.2) is 0 Å². The third-order valence-electron chi connectivity index (χ3n) is 2.13. The van der Waals surface area contributed by atoms with Gasteiger partial charge in [0.05, 0.1) is 0 Å². The van der Waals surface area contributed by atoms with Crippen LogP contribution in [0.4, 0.5) is 11.6 Å². The summed E-state index contributed by atoms with van der Waals surface area (Å²) in [5, 5.41) is 10.8. The van der Waals surface area contributed by atoms with Gasteiger partial charge in [-0.2, -0.15) is 0 Å². The number of nitrogen functional groups attached to an aromatic ring is 1. The highest BCUT2D eigenvalue weighted by molar-refractivity contribution is 5.38. The van der Waals surface area contributed by atoms with Crippen molar-refractivity contribution in [1.29, 1.82) is 0 Å². The molecule has 16 heavy (non-hydrogen) atoms. The van der Waals surface area contributed by atoms with Crippen molar-refractivity contribution in [2.45, 2.75) is 6.42 Å². The van der Waals surface area contributed by atoms with Crippen LogP contribution in [0.5, 0.6) is 0 Å². The summed E-state index contributed by atoms with van der Waals surface area (Å²) in [6.07, 6.45) is 4.53. The average Bonchev–Trinajstić information content (AvgIpc) is 2.33.